The first-order valence-corrected chi connectivity index (χ1v) is 6.67. The lowest BCUT2D eigenvalue weighted by molar-refractivity contribution is -0.148. The summed E-state index contributed by atoms with van der Waals surface area (Å²) in [7, 11) is 0. The number of fused-ring (bicyclic) bond motifs is 2. The van der Waals surface area contributed by atoms with Crippen molar-refractivity contribution in [2.75, 3.05) is 26.4 Å². The van der Waals surface area contributed by atoms with Crippen LogP contribution in [-0.4, -0.2) is 26.4 Å². The Hall–Kier alpha value is -0.340. The summed E-state index contributed by atoms with van der Waals surface area (Å²) in [5.41, 5.74) is 1.93. The van der Waals surface area contributed by atoms with E-state index in [1.54, 1.807) is 5.57 Å². The van der Waals surface area contributed by atoms with Crippen molar-refractivity contribution in [1.29, 1.82) is 0 Å². The van der Waals surface area contributed by atoms with E-state index in [1.807, 2.05) is 0 Å². The molecule has 0 aromatic heterocycles. The lowest BCUT2D eigenvalue weighted by Gasteiger charge is -2.40. The zero-order valence-corrected chi connectivity index (χ0v) is 10.2. The Balaban J connectivity index is 1.45. The van der Waals surface area contributed by atoms with Crippen molar-refractivity contribution in [1.82, 2.24) is 0 Å². The highest BCUT2D eigenvalue weighted by atomic mass is 16.5. The van der Waals surface area contributed by atoms with E-state index in [0.29, 0.717) is 5.41 Å². The Labute approximate surface area is 98.0 Å². The lowest BCUT2D eigenvalue weighted by atomic mass is 9.84. The first-order chi connectivity index (χ1) is 7.81. The van der Waals surface area contributed by atoms with Gasteiger partial charge in [-0.25, -0.2) is 0 Å². The van der Waals surface area contributed by atoms with Crippen molar-refractivity contribution >= 4 is 0 Å². The van der Waals surface area contributed by atoms with Crippen LogP contribution in [0.4, 0.5) is 0 Å². The molecule has 3 aliphatic rings. The maximum absolute atomic E-state index is 5.92. The van der Waals surface area contributed by atoms with Crippen molar-refractivity contribution in [3.63, 3.8) is 0 Å². The van der Waals surface area contributed by atoms with Gasteiger partial charge in [-0.2, -0.15) is 0 Å². The summed E-state index contributed by atoms with van der Waals surface area (Å²) in [6.45, 7) is 5.80. The van der Waals surface area contributed by atoms with E-state index < -0.39 is 0 Å². The molecule has 1 saturated carbocycles. The molecule has 1 saturated heterocycles. The highest BCUT2D eigenvalue weighted by molar-refractivity contribution is 5.19. The molecule has 2 unspecified atom stereocenters. The summed E-state index contributed by atoms with van der Waals surface area (Å²) in [5, 5.41) is 0. The normalized spacial score (nSPS) is 34.9. The van der Waals surface area contributed by atoms with Crippen LogP contribution in [0.5, 0.6) is 0 Å². The van der Waals surface area contributed by atoms with Crippen LogP contribution in [0.25, 0.3) is 0 Å². The smallest absolute Gasteiger partial charge is 0.0679 e. The predicted molar refractivity (Wildman–Crippen MR) is 63.3 cm³/mol. The van der Waals surface area contributed by atoms with E-state index in [1.165, 1.54) is 25.7 Å². The Bertz CT molecular complexity index is 286. The van der Waals surface area contributed by atoms with Crippen molar-refractivity contribution in [3.8, 4) is 0 Å². The Morgan fingerprint density at radius 2 is 2.31 bits per heavy atom. The number of hydrogen-bond acceptors (Lipinski definition) is 2. The van der Waals surface area contributed by atoms with Crippen LogP contribution in [0.1, 0.15) is 32.6 Å². The van der Waals surface area contributed by atoms with Crippen LogP contribution in [-0.2, 0) is 9.47 Å². The van der Waals surface area contributed by atoms with Crippen molar-refractivity contribution in [2.24, 2.45) is 17.3 Å². The summed E-state index contributed by atoms with van der Waals surface area (Å²) in [4.78, 5) is 0. The molecule has 0 N–H and O–H groups in total. The van der Waals surface area contributed by atoms with Crippen molar-refractivity contribution in [2.45, 2.75) is 32.6 Å². The molecule has 0 aromatic carbocycles. The summed E-state index contributed by atoms with van der Waals surface area (Å²) in [6.07, 6.45) is 7.88. The van der Waals surface area contributed by atoms with E-state index in [9.17, 15) is 0 Å². The van der Waals surface area contributed by atoms with Crippen LogP contribution in [0.2, 0.25) is 0 Å². The molecule has 2 nitrogen and oxygen atoms in total. The van der Waals surface area contributed by atoms with Crippen molar-refractivity contribution in [3.05, 3.63) is 11.6 Å². The Morgan fingerprint density at radius 3 is 2.81 bits per heavy atom. The quantitative estimate of drug-likeness (QED) is 0.666. The van der Waals surface area contributed by atoms with E-state index in [-0.39, 0.29) is 0 Å². The van der Waals surface area contributed by atoms with Crippen LogP contribution < -0.4 is 0 Å². The largest absolute Gasteiger partial charge is 0.380 e. The molecule has 1 aliphatic heterocycles. The van der Waals surface area contributed by atoms with Gasteiger partial charge in [0, 0.05) is 5.41 Å². The van der Waals surface area contributed by atoms with Gasteiger partial charge in [-0.1, -0.05) is 13.0 Å². The molecule has 2 atom stereocenters. The highest BCUT2D eigenvalue weighted by Crippen LogP contribution is 2.43. The van der Waals surface area contributed by atoms with Gasteiger partial charge in [0.2, 0.25) is 0 Å². The zero-order chi connectivity index (χ0) is 11.0. The van der Waals surface area contributed by atoms with Gasteiger partial charge >= 0.3 is 0 Å². The second-order valence-electron chi connectivity index (χ2n) is 5.85. The molecule has 0 radical (unpaired) electrons. The van der Waals surface area contributed by atoms with Gasteiger partial charge in [-0.3, -0.25) is 0 Å². The molecule has 90 valence electrons. The van der Waals surface area contributed by atoms with Crippen LogP contribution >= 0.6 is 0 Å². The molecule has 0 amide bonds. The van der Waals surface area contributed by atoms with E-state index in [2.05, 4.69) is 13.0 Å². The molecule has 0 aromatic rings. The third-order valence-electron chi connectivity index (χ3n) is 4.69. The highest BCUT2D eigenvalue weighted by Gasteiger charge is 2.38. The zero-order valence-electron chi connectivity index (χ0n) is 10.2. The van der Waals surface area contributed by atoms with E-state index >= 15 is 0 Å². The van der Waals surface area contributed by atoms with Gasteiger partial charge in [0.05, 0.1) is 26.4 Å². The van der Waals surface area contributed by atoms with E-state index in [4.69, 9.17) is 9.47 Å². The Kier molecular flexibility index (Phi) is 2.80. The van der Waals surface area contributed by atoms with Crippen LogP contribution in [0.15, 0.2) is 11.6 Å². The van der Waals surface area contributed by atoms with Gasteiger partial charge in [-0.05, 0) is 43.1 Å². The van der Waals surface area contributed by atoms with Gasteiger partial charge in [0.1, 0.15) is 0 Å². The van der Waals surface area contributed by atoms with Gasteiger partial charge in [0.15, 0.2) is 0 Å². The van der Waals surface area contributed by atoms with E-state index in [0.717, 1.165) is 38.3 Å². The number of allylic oxidation sites excluding steroid dienone is 1. The molecule has 2 bridgehead atoms. The first kappa shape index (κ1) is 10.8. The second-order valence-corrected chi connectivity index (χ2v) is 5.85. The third-order valence-corrected chi connectivity index (χ3v) is 4.69. The molecule has 2 aliphatic carbocycles. The first-order valence-electron chi connectivity index (χ1n) is 6.67. The SMILES string of the molecule is CCC1(COCC2=CC3CCC2C3)COC1. The standard InChI is InChI=1S/C14H22O2/c1-2-14(9-16-10-14)8-15-7-13-6-11-3-4-12(13)5-11/h6,11-12H,2-5,7-10H2,1H3. The second kappa shape index (κ2) is 4.15. The fourth-order valence-corrected chi connectivity index (χ4v) is 3.27. The number of hydrogen-bond donors (Lipinski definition) is 0. The van der Waals surface area contributed by atoms with Gasteiger partial charge in [0.25, 0.3) is 0 Å². The minimum atomic E-state index is 0.345. The fraction of sp³-hybridized carbons (Fsp3) is 0.857. The Morgan fingerprint density at radius 1 is 1.44 bits per heavy atom. The molecular formula is C14H22O2. The molecule has 3 rings (SSSR count). The number of ether oxygens (including phenoxy) is 2. The number of rotatable bonds is 5. The average Bonchev–Trinajstić information content (AvgIpc) is 2.83. The topological polar surface area (TPSA) is 18.5 Å². The average molecular weight is 222 g/mol. The predicted octanol–water partition coefficient (Wildman–Crippen LogP) is 2.79. The molecule has 2 heteroatoms. The fourth-order valence-electron chi connectivity index (χ4n) is 3.27. The van der Waals surface area contributed by atoms with Gasteiger partial charge in [-0.15, -0.1) is 0 Å². The molecular weight excluding hydrogens is 200 g/mol. The summed E-state index contributed by atoms with van der Waals surface area (Å²) in [5.74, 6) is 1.75. The summed E-state index contributed by atoms with van der Waals surface area (Å²) < 4.78 is 11.2. The van der Waals surface area contributed by atoms with Gasteiger partial charge < -0.3 is 9.47 Å². The summed E-state index contributed by atoms with van der Waals surface area (Å²) in [6, 6.07) is 0. The maximum Gasteiger partial charge on any atom is 0.0679 e. The monoisotopic (exact) mass is 222 g/mol. The maximum atomic E-state index is 5.92. The van der Waals surface area contributed by atoms with Crippen LogP contribution in [0, 0.1) is 17.3 Å². The molecule has 2 fully saturated rings. The minimum Gasteiger partial charge on any atom is -0.380 e. The van der Waals surface area contributed by atoms with Crippen LogP contribution in [0.3, 0.4) is 0 Å². The molecule has 1 heterocycles. The lowest BCUT2D eigenvalue weighted by Crippen LogP contribution is -2.45. The third kappa shape index (κ3) is 1.82. The molecule has 0 spiro atoms. The molecule has 16 heavy (non-hydrogen) atoms. The minimum absolute atomic E-state index is 0.345. The van der Waals surface area contributed by atoms with Crippen molar-refractivity contribution < 1.29 is 9.47 Å². The summed E-state index contributed by atoms with van der Waals surface area (Å²) >= 11 is 0.